The van der Waals surface area contributed by atoms with E-state index in [1.807, 2.05) is 0 Å². The quantitative estimate of drug-likeness (QED) is 0.758. The van der Waals surface area contributed by atoms with E-state index < -0.39 is 11.6 Å². The Morgan fingerprint density at radius 3 is 2.57 bits per heavy atom. The lowest BCUT2D eigenvalue weighted by Crippen LogP contribution is -2.03. The summed E-state index contributed by atoms with van der Waals surface area (Å²) in [6.45, 7) is 0.497. The predicted octanol–water partition coefficient (Wildman–Crippen LogP) is 2.68. The molecule has 2 unspecified atom stereocenters. The van der Waals surface area contributed by atoms with Crippen molar-refractivity contribution >= 4 is 11.6 Å². The number of hydrogen-bond acceptors (Lipinski definition) is 1. The molecule has 0 heterocycles. The Labute approximate surface area is 85.9 Å². The molecule has 1 aliphatic rings. The average molecular weight is 218 g/mol. The van der Waals surface area contributed by atoms with Crippen LogP contribution in [0, 0.1) is 17.6 Å². The predicted molar refractivity (Wildman–Crippen MR) is 51.3 cm³/mol. The Balaban J connectivity index is 2.38. The summed E-state index contributed by atoms with van der Waals surface area (Å²) >= 11 is 5.70. The molecule has 0 aromatic heterocycles. The van der Waals surface area contributed by atoms with Gasteiger partial charge in [-0.1, -0.05) is 11.6 Å². The van der Waals surface area contributed by atoms with E-state index >= 15 is 0 Å². The first kappa shape index (κ1) is 9.87. The van der Waals surface area contributed by atoms with Gasteiger partial charge in [-0.15, -0.1) is 0 Å². The summed E-state index contributed by atoms with van der Waals surface area (Å²) in [5, 5.41) is -0.0917. The molecule has 14 heavy (non-hydrogen) atoms. The molecule has 0 radical (unpaired) electrons. The molecule has 0 amide bonds. The normalized spacial score (nSPS) is 25.1. The Kier molecular flexibility index (Phi) is 2.45. The van der Waals surface area contributed by atoms with Crippen molar-refractivity contribution in [1.82, 2.24) is 0 Å². The molecule has 0 bridgehead atoms. The van der Waals surface area contributed by atoms with Crippen LogP contribution in [-0.2, 0) is 0 Å². The van der Waals surface area contributed by atoms with Gasteiger partial charge in [0, 0.05) is 5.56 Å². The first-order valence-electron chi connectivity index (χ1n) is 4.48. The van der Waals surface area contributed by atoms with Crippen LogP contribution in [0.4, 0.5) is 8.78 Å². The summed E-state index contributed by atoms with van der Waals surface area (Å²) in [6, 6.07) is 2.16. The van der Waals surface area contributed by atoms with Gasteiger partial charge >= 0.3 is 0 Å². The molecular weight excluding hydrogens is 208 g/mol. The fourth-order valence-electron chi connectivity index (χ4n) is 1.74. The fourth-order valence-corrected chi connectivity index (χ4v) is 2.04. The molecule has 4 heteroatoms. The molecule has 0 spiro atoms. The maximum absolute atomic E-state index is 13.3. The second-order valence-corrected chi connectivity index (χ2v) is 3.97. The molecule has 1 saturated carbocycles. The highest BCUT2D eigenvalue weighted by Crippen LogP contribution is 2.50. The number of rotatable bonds is 2. The van der Waals surface area contributed by atoms with Crippen molar-refractivity contribution in [3.8, 4) is 0 Å². The van der Waals surface area contributed by atoms with Crippen LogP contribution in [0.5, 0.6) is 0 Å². The summed E-state index contributed by atoms with van der Waals surface area (Å²) in [6.07, 6.45) is 0.802. The lowest BCUT2D eigenvalue weighted by Gasteiger charge is -2.05. The Morgan fingerprint density at radius 1 is 1.36 bits per heavy atom. The molecule has 1 nitrogen and oxygen atoms in total. The van der Waals surface area contributed by atoms with Crippen LogP contribution in [0.2, 0.25) is 5.02 Å². The van der Waals surface area contributed by atoms with Crippen LogP contribution < -0.4 is 5.73 Å². The van der Waals surface area contributed by atoms with E-state index in [-0.39, 0.29) is 16.9 Å². The van der Waals surface area contributed by atoms with Crippen molar-refractivity contribution in [1.29, 1.82) is 0 Å². The first-order chi connectivity index (χ1) is 6.65. The van der Waals surface area contributed by atoms with E-state index in [0.29, 0.717) is 12.1 Å². The Bertz CT molecular complexity index is 367. The lowest BCUT2D eigenvalue weighted by atomic mass is 10.1. The van der Waals surface area contributed by atoms with Crippen LogP contribution in [0.15, 0.2) is 12.1 Å². The van der Waals surface area contributed by atoms with Gasteiger partial charge in [0.05, 0.1) is 5.02 Å². The van der Waals surface area contributed by atoms with Gasteiger partial charge in [0.2, 0.25) is 0 Å². The first-order valence-corrected chi connectivity index (χ1v) is 4.86. The fraction of sp³-hybridized carbons (Fsp3) is 0.400. The molecule has 1 aliphatic carbocycles. The van der Waals surface area contributed by atoms with E-state index in [2.05, 4.69) is 0 Å². The van der Waals surface area contributed by atoms with E-state index in [0.717, 1.165) is 18.6 Å². The Hall–Kier alpha value is -0.670. The number of hydrogen-bond donors (Lipinski definition) is 1. The zero-order valence-electron chi connectivity index (χ0n) is 7.43. The second-order valence-electron chi connectivity index (χ2n) is 3.59. The van der Waals surface area contributed by atoms with E-state index in [1.165, 1.54) is 0 Å². The molecule has 2 rings (SSSR count). The zero-order chi connectivity index (χ0) is 10.3. The number of benzene rings is 1. The minimum atomic E-state index is -0.564. The van der Waals surface area contributed by atoms with Gasteiger partial charge in [-0.2, -0.15) is 0 Å². The van der Waals surface area contributed by atoms with Gasteiger partial charge in [-0.25, -0.2) is 8.78 Å². The molecule has 0 saturated heterocycles. The smallest absolute Gasteiger partial charge is 0.142 e. The van der Waals surface area contributed by atoms with Gasteiger partial charge in [-0.3, -0.25) is 0 Å². The van der Waals surface area contributed by atoms with Gasteiger partial charge in [0.25, 0.3) is 0 Å². The molecule has 1 aromatic rings. The molecule has 1 aromatic carbocycles. The summed E-state index contributed by atoms with van der Waals surface area (Å²) in [4.78, 5) is 0. The second kappa shape index (κ2) is 3.48. The van der Waals surface area contributed by atoms with Crippen molar-refractivity contribution < 1.29 is 8.78 Å². The van der Waals surface area contributed by atoms with Crippen molar-refractivity contribution in [2.24, 2.45) is 11.7 Å². The molecule has 2 atom stereocenters. The molecular formula is C10H10ClF2N. The highest BCUT2D eigenvalue weighted by atomic mass is 35.5. The van der Waals surface area contributed by atoms with Crippen LogP contribution in [0.25, 0.3) is 0 Å². The molecule has 76 valence electrons. The van der Waals surface area contributed by atoms with E-state index in [9.17, 15) is 8.78 Å². The van der Waals surface area contributed by atoms with Crippen molar-refractivity contribution in [3.05, 3.63) is 34.4 Å². The minimum absolute atomic E-state index is 0.00296. The van der Waals surface area contributed by atoms with Gasteiger partial charge in [-0.05, 0) is 36.9 Å². The van der Waals surface area contributed by atoms with Gasteiger partial charge in [0.15, 0.2) is 0 Å². The Morgan fingerprint density at radius 2 is 2.00 bits per heavy atom. The maximum Gasteiger partial charge on any atom is 0.142 e. The van der Waals surface area contributed by atoms with Gasteiger partial charge < -0.3 is 5.73 Å². The highest BCUT2D eigenvalue weighted by molar-refractivity contribution is 6.31. The van der Waals surface area contributed by atoms with Crippen LogP contribution in [-0.4, -0.2) is 6.54 Å². The van der Waals surface area contributed by atoms with Crippen LogP contribution in [0.1, 0.15) is 17.9 Å². The lowest BCUT2D eigenvalue weighted by molar-refractivity contribution is 0.582. The minimum Gasteiger partial charge on any atom is -0.330 e. The standard InChI is InChI=1S/C10H10ClF2N/c11-10-8(13)2-1-7(12)9(10)6-3-5(6)4-14/h1-2,5-6H,3-4,14H2. The summed E-state index contributed by atoms with van der Waals surface area (Å²) < 4.78 is 26.4. The third kappa shape index (κ3) is 1.51. The van der Waals surface area contributed by atoms with Crippen molar-refractivity contribution in [2.75, 3.05) is 6.54 Å². The summed E-state index contributed by atoms with van der Waals surface area (Å²) in [5.74, 6) is -0.741. The molecule has 2 N–H and O–H groups in total. The maximum atomic E-state index is 13.3. The molecule has 1 fully saturated rings. The summed E-state index contributed by atoms with van der Waals surface area (Å²) in [5.41, 5.74) is 5.73. The van der Waals surface area contributed by atoms with Gasteiger partial charge in [0.1, 0.15) is 11.6 Å². The van der Waals surface area contributed by atoms with Crippen LogP contribution in [0.3, 0.4) is 0 Å². The largest absolute Gasteiger partial charge is 0.330 e. The van der Waals surface area contributed by atoms with Crippen molar-refractivity contribution in [3.63, 3.8) is 0 Å². The number of halogens is 3. The average Bonchev–Trinajstić information content (AvgIpc) is 2.92. The topological polar surface area (TPSA) is 26.0 Å². The third-order valence-corrected chi connectivity index (χ3v) is 3.06. The monoisotopic (exact) mass is 217 g/mol. The highest BCUT2D eigenvalue weighted by Gasteiger charge is 2.40. The van der Waals surface area contributed by atoms with E-state index in [4.69, 9.17) is 17.3 Å². The van der Waals surface area contributed by atoms with Crippen molar-refractivity contribution in [2.45, 2.75) is 12.3 Å². The van der Waals surface area contributed by atoms with E-state index in [1.54, 1.807) is 0 Å². The summed E-state index contributed by atoms with van der Waals surface area (Å²) in [7, 11) is 0. The number of nitrogens with two attached hydrogens (primary N) is 1. The van der Waals surface area contributed by atoms with Crippen LogP contribution >= 0.6 is 11.6 Å². The zero-order valence-corrected chi connectivity index (χ0v) is 8.19. The third-order valence-electron chi connectivity index (χ3n) is 2.68. The SMILES string of the molecule is NCC1CC1c1c(F)ccc(F)c1Cl. The molecule has 0 aliphatic heterocycles.